The smallest absolute Gasteiger partial charge is 0.161 e. The van der Waals surface area contributed by atoms with Gasteiger partial charge >= 0.3 is 0 Å². The van der Waals surface area contributed by atoms with Crippen LogP contribution in [0.25, 0.3) is 0 Å². The van der Waals surface area contributed by atoms with E-state index in [1.807, 2.05) is 50.2 Å². The van der Waals surface area contributed by atoms with Crippen molar-refractivity contribution in [2.24, 2.45) is 5.92 Å². The van der Waals surface area contributed by atoms with E-state index < -0.39 is 11.3 Å². The topological polar surface area (TPSA) is 70.6 Å². The summed E-state index contributed by atoms with van der Waals surface area (Å²) < 4.78 is 35.6. The Morgan fingerprint density at radius 3 is 2.52 bits per heavy atom. The zero-order chi connectivity index (χ0) is 19.6. The lowest BCUT2D eigenvalue weighted by Gasteiger charge is -2.16. The fourth-order valence-corrected chi connectivity index (χ4v) is 3.36. The second kappa shape index (κ2) is 10.9. The van der Waals surface area contributed by atoms with Crippen LogP contribution in [-0.2, 0) is 17.7 Å². The Hall–Kier alpha value is -2.05. The molecule has 0 bridgehead atoms. The molecule has 0 aliphatic rings. The van der Waals surface area contributed by atoms with E-state index in [-0.39, 0.29) is 0 Å². The maximum Gasteiger partial charge on any atom is 0.161 e. The van der Waals surface area contributed by atoms with E-state index in [9.17, 15) is 8.76 Å². The summed E-state index contributed by atoms with van der Waals surface area (Å²) in [5.74, 6) is 2.04. The van der Waals surface area contributed by atoms with Crippen LogP contribution in [0.3, 0.4) is 0 Å². The molecule has 0 aliphatic carbocycles. The molecule has 0 radical (unpaired) electrons. The fourth-order valence-electron chi connectivity index (χ4n) is 2.96. The van der Waals surface area contributed by atoms with Crippen LogP contribution in [0, 0.1) is 12.8 Å². The van der Waals surface area contributed by atoms with E-state index in [4.69, 9.17) is 9.47 Å². The molecule has 5 nitrogen and oxygen atoms in total. The van der Waals surface area contributed by atoms with E-state index in [1.54, 1.807) is 0 Å². The number of hydrogen-bond acceptors (Lipinski definition) is 4. The van der Waals surface area contributed by atoms with Gasteiger partial charge in [-0.25, -0.2) is 0 Å². The highest BCUT2D eigenvalue weighted by molar-refractivity contribution is 7.80. The van der Waals surface area contributed by atoms with Gasteiger partial charge in [0.1, 0.15) is 0 Å². The Balaban J connectivity index is 1.80. The second-order valence-corrected chi connectivity index (χ2v) is 7.34. The number of hydrogen-bond donors (Lipinski definition) is 1. The largest absolute Gasteiger partial charge is 0.755 e. The van der Waals surface area contributed by atoms with Gasteiger partial charge < -0.3 is 18.7 Å². The third-order valence-corrected chi connectivity index (χ3v) is 4.71. The van der Waals surface area contributed by atoms with E-state index in [2.05, 4.69) is 17.7 Å². The molecule has 0 fully saturated rings. The van der Waals surface area contributed by atoms with E-state index in [0.717, 1.165) is 41.9 Å². The SMILES string of the molecule is CCOc1ccccc1OCCCC(C)Cc1ccc(C)c(NS(=O)[O-])c1. The molecular weight excluding hydrogens is 362 g/mol. The Bertz CT molecular complexity index is 751. The first kappa shape index (κ1) is 21.3. The van der Waals surface area contributed by atoms with Crippen molar-refractivity contribution in [1.29, 1.82) is 0 Å². The predicted octanol–water partition coefficient (Wildman–Crippen LogP) is 4.64. The van der Waals surface area contributed by atoms with Gasteiger partial charge in [0, 0.05) is 17.0 Å². The number of ether oxygens (including phenoxy) is 2. The van der Waals surface area contributed by atoms with Crippen molar-refractivity contribution >= 4 is 17.0 Å². The molecule has 2 aromatic carbocycles. The third kappa shape index (κ3) is 7.23. The van der Waals surface area contributed by atoms with E-state index >= 15 is 0 Å². The Labute approximate surface area is 164 Å². The lowest BCUT2D eigenvalue weighted by Crippen LogP contribution is -2.07. The first-order chi connectivity index (χ1) is 13.0. The summed E-state index contributed by atoms with van der Waals surface area (Å²) in [7, 11) is 0. The van der Waals surface area contributed by atoms with Gasteiger partial charge in [0.2, 0.25) is 0 Å². The van der Waals surface area contributed by atoms with Gasteiger partial charge in [-0.05, 0) is 68.4 Å². The molecule has 0 aliphatic heterocycles. The summed E-state index contributed by atoms with van der Waals surface area (Å²) in [6.45, 7) is 7.31. The first-order valence-electron chi connectivity index (χ1n) is 9.29. The normalized spacial score (nSPS) is 13.0. The highest BCUT2D eigenvalue weighted by atomic mass is 32.2. The van der Waals surface area contributed by atoms with Gasteiger partial charge in [-0.1, -0.05) is 31.2 Å². The van der Waals surface area contributed by atoms with Gasteiger partial charge in [0.15, 0.2) is 11.5 Å². The maximum atomic E-state index is 10.9. The molecular formula is C21H28NO4S-. The van der Waals surface area contributed by atoms with Crippen LogP contribution in [-0.4, -0.2) is 22.0 Å². The van der Waals surface area contributed by atoms with Crippen LogP contribution in [0.1, 0.15) is 37.8 Å². The number of benzene rings is 2. The van der Waals surface area contributed by atoms with Crippen molar-refractivity contribution in [3.05, 3.63) is 53.6 Å². The average Bonchev–Trinajstić information content (AvgIpc) is 2.63. The minimum atomic E-state index is -2.30. The predicted molar refractivity (Wildman–Crippen MR) is 109 cm³/mol. The average molecular weight is 391 g/mol. The summed E-state index contributed by atoms with van der Waals surface area (Å²) in [6, 6.07) is 13.6. The lowest BCUT2D eigenvalue weighted by atomic mass is 9.96. The highest BCUT2D eigenvalue weighted by Crippen LogP contribution is 2.27. The molecule has 0 aromatic heterocycles. The van der Waals surface area contributed by atoms with Gasteiger partial charge in [0.25, 0.3) is 0 Å². The minimum Gasteiger partial charge on any atom is -0.755 e. The summed E-state index contributed by atoms with van der Waals surface area (Å²) >= 11 is -2.30. The fraction of sp³-hybridized carbons (Fsp3) is 0.429. The Morgan fingerprint density at radius 2 is 1.85 bits per heavy atom. The van der Waals surface area contributed by atoms with Crippen molar-refractivity contribution in [3.8, 4) is 11.5 Å². The number of anilines is 1. The highest BCUT2D eigenvalue weighted by Gasteiger charge is 2.08. The molecule has 2 aromatic rings. The number of aryl methyl sites for hydroxylation is 1. The van der Waals surface area contributed by atoms with Crippen molar-refractivity contribution in [3.63, 3.8) is 0 Å². The molecule has 0 saturated heterocycles. The van der Waals surface area contributed by atoms with Crippen LogP contribution >= 0.6 is 0 Å². The maximum absolute atomic E-state index is 10.9. The molecule has 1 N–H and O–H groups in total. The van der Waals surface area contributed by atoms with Gasteiger partial charge in [0.05, 0.1) is 13.2 Å². The third-order valence-electron chi connectivity index (χ3n) is 4.33. The summed E-state index contributed by atoms with van der Waals surface area (Å²) in [4.78, 5) is 0. The quantitative estimate of drug-likeness (QED) is 0.448. The van der Waals surface area contributed by atoms with Crippen LogP contribution in [0.5, 0.6) is 11.5 Å². The minimum absolute atomic E-state index is 0.476. The van der Waals surface area contributed by atoms with Crippen LogP contribution in [0.15, 0.2) is 42.5 Å². The molecule has 0 spiro atoms. The van der Waals surface area contributed by atoms with Crippen LogP contribution in [0.2, 0.25) is 0 Å². The van der Waals surface area contributed by atoms with Gasteiger partial charge in [-0.15, -0.1) is 0 Å². The standard InChI is InChI=1S/C21H29NO4S/c1-4-25-20-9-5-6-10-21(20)26-13-7-8-16(2)14-18-12-11-17(3)19(15-18)22-27(23)24/h5-6,9-12,15-16,22H,4,7-8,13-14H2,1-3H3,(H,23,24)/p-1. The molecule has 2 atom stereocenters. The molecule has 0 amide bonds. The molecule has 2 rings (SSSR count). The summed E-state index contributed by atoms with van der Waals surface area (Å²) in [6.07, 6.45) is 2.88. The van der Waals surface area contributed by atoms with E-state index in [1.165, 1.54) is 0 Å². The summed E-state index contributed by atoms with van der Waals surface area (Å²) in [5.41, 5.74) is 2.68. The van der Waals surface area contributed by atoms with Crippen LogP contribution < -0.4 is 14.2 Å². The molecule has 6 heteroatoms. The zero-order valence-corrected chi connectivity index (χ0v) is 17.0. The van der Waals surface area contributed by atoms with Crippen molar-refractivity contribution < 1.29 is 18.2 Å². The molecule has 2 unspecified atom stereocenters. The molecule has 148 valence electrons. The first-order valence-corrected chi connectivity index (χ1v) is 10.4. The Morgan fingerprint density at radius 1 is 1.15 bits per heavy atom. The Kier molecular flexibility index (Phi) is 8.61. The number of nitrogens with one attached hydrogen (secondary N) is 1. The molecule has 27 heavy (non-hydrogen) atoms. The van der Waals surface area contributed by atoms with Gasteiger partial charge in [-0.3, -0.25) is 4.21 Å². The van der Waals surface area contributed by atoms with Gasteiger partial charge in [-0.2, -0.15) is 0 Å². The summed E-state index contributed by atoms with van der Waals surface area (Å²) in [5, 5.41) is 0. The molecule has 0 heterocycles. The second-order valence-electron chi connectivity index (χ2n) is 6.67. The van der Waals surface area contributed by atoms with E-state index in [0.29, 0.717) is 24.8 Å². The van der Waals surface area contributed by atoms with Crippen LogP contribution in [0.4, 0.5) is 5.69 Å². The lowest BCUT2D eigenvalue weighted by molar-refractivity contribution is 0.265. The van der Waals surface area contributed by atoms with Crippen molar-refractivity contribution in [2.45, 2.75) is 40.0 Å². The molecule has 0 saturated carbocycles. The number of rotatable bonds is 11. The number of para-hydroxylation sites is 2. The zero-order valence-electron chi connectivity index (χ0n) is 16.2. The van der Waals surface area contributed by atoms with Crippen molar-refractivity contribution in [1.82, 2.24) is 0 Å². The van der Waals surface area contributed by atoms with Crippen molar-refractivity contribution in [2.75, 3.05) is 17.9 Å². The monoisotopic (exact) mass is 390 g/mol.